The number of benzene rings is 1. The maximum atomic E-state index is 12.7. The van der Waals surface area contributed by atoms with Crippen molar-refractivity contribution in [2.75, 3.05) is 20.2 Å². The van der Waals surface area contributed by atoms with E-state index in [0.717, 1.165) is 5.82 Å². The third kappa shape index (κ3) is 4.80. The van der Waals surface area contributed by atoms with Crippen molar-refractivity contribution in [3.05, 3.63) is 42.2 Å². The minimum absolute atomic E-state index is 0.148. The highest BCUT2D eigenvalue weighted by Gasteiger charge is 2.11. The van der Waals surface area contributed by atoms with Crippen LogP contribution in [0.15, 0.2) is 30.6 Å². The Bertz CT molecular complexity index is 558. The standard InChI is InChI=1S/C14H19FN4O2/c1-18(8-14-16-10-17-19(14)2)7-12(20)9-21-13-5-3-11(15)4-6-13/h3-6,10,12,20H,7-9H2,1-2H3. The summed E-state index contributed by atoms with van der Waals surface area (Å²) in [5.41, 5.74) is 0. The van der Waals surface area contributed by atoms with Crippen LogP contribution in [-0.2, 0) is 13.6 Å². The Balaban J connectivity index is 1.74. The smallest absolute Gasteiger partial charge is 0.140 e. The lowest BCUT2D eigenvalue weighted by atomic mass is 10.3. The predicted octanol–water partition coefficient (Wildman–Crippen LogP) is 0.826. The minimum Gasteiger partial charge on any atom is -0.491 e. The number of aromatic nitrogens is 3. The Hall–Kier alpha value is -1.99. The molecule has 0 aliphatic heterocycles. The molecule has 1 unspecified atom stereocenters. The summed E-state index contributed by atoms with van der Waals surface area (Å²) >= 11 is 0. The van der Waals surface area contributed by atoms with E-state index < -0.39 is 6.10 Å². The number of nitrogens with zero attached hydrogens (tertiary/aromatic N) is 4. The molecule has 0 amide bonds. The third-order valence-corrected chi connectivity index (χ3v) is 2.99. The SMILES string of the molecule is CN(Cc1ncnn1C)CC(O)COc1ccc(F)cc1. The molecule has 0 aliphatic rings. The van der Waals surface area contributed by atoms with Gasteiger partial charge in [0.1, 0.15) is 36.4 Å². The van der Waals surface area contributed by atoms with E-state index in [1.807, 2.05) is 19.0 Å². The quantitative estimate of drug-likeness (QED) is 0.819. The first-order valence-electron chi connectivity index (χ1n) is 6.62. The lowest BCUT2D eigenvalue weighted by Gasteiger charge is -2.20. The highest BCUT2D eigenvalue weighted by Crippen LogP contribution is 2.11. The monoisotopic (exact) mass is 294 g/mol. The number of hydrogen-bond acceptors (Lipinski definition) is 5. The molecule has 1 atom stereocenters. The van der Waals surface area contributed by atoms with E-state index in [9.17, 15) is 9.50 Å². The van der Waals surface area contributed by atoms with Crippen LogP contribution >= 0.6 is 0 Å². The lowest BCUT2D eigenvalue weighted by molar-refractivity contribution is 0.0733. The Morgan fingerprint density at radius 1 is 1.38 bits per heavy atom. The average Bonchev–Trinajstić information content (AvgIpc) is 2.83. The molecule has 114 valence electrons. The second kappa shape index (κ2) is 7.14. The number of halogens is 1. The third-order valence-electron chi connectivity index (χ3n) is 2.99. The maximum Gasteiger partial charge on any atom is 0.140 e. The van der Waals surface area contributed by atoms with Gasteiger partial charge < -0.3 is 9.84 Å². The van der Waals surface area contributed by atoms with E-state index in [-0.39, 0.29) is 12.4 Å². The second-order valence-electron chi connectivity index (χ2n) is 4.92. The number of likely N-dealkylation sites (N-methyl/N-ethyl adjacent to an activating group) is 1. The van der Waals surface area contributed by atoms with Gasteiger partial charge in [0.2, 0.25) is 0 Å². The Kier molecular flexibility index (Phi) is 5.24. The number of aryl methyl sites for hydroxylation is 1. The molecular weight excluding hydrogens is 275 g/mol. The van der Waals surface area contributed by atoms with Crippen molar-refractivity contribution in [2.45, 2.75) is 12.6 Å². The molecular formula is C14H19FN4O2. The molecule has 0 aliphatic carbocycles. The molecule has 0 radical (unpaired) electrons. The second-order valence-corrected chi connectivity index (χ2v) is 4.92. The molecule has 1 heterocycles. The summed E-state index contributed by atoms with van der Waals surface area (Å²) in [5, 5.41) is 13.9. The fourth-order valence-corrected chi connectivity index (χ4v) is 1.90. The van der Waals surface area contributed by atoms with Gasteiger partial charge in [-0.05, 0) is 31.3 Å². The summed E-state index contributed by atoms with van der Waals surface area (Å²) in [4.78, 5) is 6.06. The van der Waals surface area contributed by atoms with Gasteiger partial charge in [0, 0.05) is 13.6 Å². The summed E-state index contributed by atoms with van der Waals surface area (Å²) in [7, 11) is 3.71. The van der Waals surface area contributed by atoms with Crippen LogP contribution in [0.4, 0.5) is 4.39 Å². The zero-order valence-electron chi connectivity index (χ0n) is 12.1. The fraction of sp³-hybridized carbons (Fsp3) is 0.429. The van der Waals surface area contributed by atoms with Crippen LogP contribution < -0.4 is 4.74 Å². The van der Waals surface area contributed by atoms with Gasteiger partial charge in [0.25, 0.3) is 0 Å². The van der Waals surface area contributed by atoms with Crippen LogP contribution in [0.1, 0.15) is 5.82 Å². The maximum absolute atomic E-state index is 12.7. The van der Waals surface area contributed by atoms with Gasteiger partial charge in [0.15, 0.2) is 0 Å². The van der Waals surface area contributed by atoms with Crippen molar-refractivity contribution in [3.8, 4) is 5.75 Å². The van der Waals surface area contributed by atoms with Crippen LogP contribution in [0, 0.1) is 5.82 Å². The van der Waals surface area contributed by atoms with Crippen LogP contribution in [0.2, 0.25) is 0 Å². The molecule has 1 N–H and O–H groups in total. The van der Waals surface area contributed by atoms with E-state index in [4.69, 9.17) is 4.74 Å². The average molecular weight is 294 g/mol. The molecule has 0 saturated heterocycles. The first kappa shape index (κ1) is 15.4. The molecule has 2 rings (SSSR count). The Morgan fingerprint density at radius 3 is 2.71 bits per heavy atom. The van der Waals surface area contributed by atoms with E-state index in [1.165, 1.54) is 30.6 Å². The first-order chi connectivity index (χ1) is 10.0. The largest absolute Gasteiger partial charge is 0.491 e. The lowest BCUT2D eigenvalue weighted by Crippen LogP contribution is -2.33. The van der Waals surface area contributed by atoms with Crippen molar-refractivity contribution < 1.29 is 14.2 Å². The minimum atomic E-state index is -0.645. The van der Waals surface area contributed by atoms with Crippen molar-refractivity contribution >= 4 is 0 Å². The summed E-state index contributed by atoms with van der Waals surface area (Å²) < 4.78 is 19.8. The number of aliphatic hydroxyl groups is 1. The van der Waals surface area contributed by atoms with Crippen molar-refractivity contribution in [1.29, 1.82) is 0 Å². The zero-order valence-corrected chi connectivity index (χ0v) is 12.1. The normalized spacial score (nSPS) is 12.6. The molecule has 1 aromatic heterocycles. The predicted molar refractivity (Wildman–Crippen MR) is 75.2 cm³/mol. The van der Waals surface area contributed by atoms with Gasteiger partial charge in [-0.25, -0.2) is 9.37 Å². The summed E-state index contributed by atoms with van der Waals surface area (Å²) in [6.07, 6.45) is 0.852. The Morgan fingerprint density at radius 2 is 2.10 bits per heavy atom. The van der Waals surface area contributed by atoms with Gasteiger partial charge in [-0.15, -0.1) is 0 Å². The van der Waals surface area contributed by atoms with Crippen LogP contribution in [-0.4, -0.2) is 51.1 Å². The summed E-state index contributed by atoms with van der Waals surface area (Å²) in [6.45, 7) is 1.17. The molecule has 0 fully saturated rings. The van der Waals surface area contributed by atoms with Crippen LogP contribution in [0.25, 0.3) is 0 Å². The molecule has 0 bridgehead atoms. The molecule has 2 aromatic rings. The molecule has 0 spiro atoms. The molecule has 0 saturated carbocycles. The van der Waals surface area contributed by atoms with E-state index in [1.54, 1.807) is 4.68 Å². The van der Waals surface area contributed by atoms with Gasteiger partial charge in [0.05, 0.1) is 6.54 Å². The van der Waals surface area contributed by atoms with Gasteiger partial charge in [-0.2, -0.15) is 5.10 Å². The highest BCUT2D eigenvalue weighted by molar-refractivity contribution is 5.22. The summed E-state index contributed by atoms with van der Waals surface area (Å²) in [5.74, 6) is 1.04. The fourth-order valence-electron chi connectivity index (χ4n) is 1.90. The van der Waals surface area contributed by atoms with Gasteiger partial charge in [-0.1, -0.05) is 0 Å². The first-order valence-corrected chi connectivity index (χ1v) is 6.62. The van der Waals surface area contributed by atoms with Crippen LogP contribution in [0.5, 0.6) is 5.75 Å². The molecule has 7 heteroatoms. The van der Waals surface area contributed by atoms with Crippen LogP contribution in [0.3, 0.4) is 0 Å². The van der Waals surface area contributed by atoms with Gasteiger partial charge in [-0.3, -0.25) is 9.58 Å². The highest BCUT2D eigenvalue weighted by atomic mass is 19.1. The number of ether oxygens (including phenoxy) is 1. The zero-order chi connectivity index (χ0) is 15.2. The van der Waals surface area contributed by atoms with E-state index >= 15 is 0 Å². The number of rotatable bonds is 7. The molecule has 6 nitrogen and oxygen atoms in total. The molecule has 21 heavy (non-hydrogen) atoms. The number of aliphatic hydroxyl groups excluding tert-OH is 1. The Labute approximate surface area is 122 Å². The van der Waals surface area contributed by atoms with Gasteiger partial charge >= 0.3 is 0 Å². The number of hydrogen-bond donors (Lipinski definition) is 1. The van der Waals surface area contributed by atoms with Crippen molar-refractivity contribution in [3.63, 3.8) is 0 Å². The van der Waals surface area contributed by atoms with Crippen molar-refractivity contribution in [1.82, 2.24) is 19.7 Å². The topological polar surface area (TPSA) is 63.4 Å². The van der Waals surface area contributed by atoms with E-state index in [2.05, 4.69) is 10.1 Å². The van der Waals surface area contributed by atoms with E-state index in [0.29, 0.717) is 18.8 Å². The van der Waals surface area contributed by atoms with Crippen molar-refractivity contribution in [2.24, 2.45) is 7.05 Å². The summed E-state index contributed by atoms with van der Waals surface area (Å²) in [6, 6.07) is 5.71. The molecule has 1 aromatic carbocycles.